The molecule has 1 amide bonds. The maximum absolute atomic E-state index is 12.8. The summed E-state index contributed by atoms with van der Waals surface area (Å²) < 4.78 is 12.8. The molecule has 1 atom stereocenters. The largest absolute Gasteiger partial charge is 0.368 e. The molecular formula is C13H15FN6OS. The molecule has 0 fully saturated rings. The Hall–Kier alpha value is -2.42. The maximum atomic E-state index is 12.8. The second-order valence-electron chi connectivity index (χ2n) is 4.44. The van der Waals surface area contributed by atoms with Gasteiger partial charge in [0, 0.05) is 6.54 Å². The molecular weight excluding hydrogens is 307 g/mol. The summed E-state index contributed by atoms with van der Waals surface area (Å²) in [5.41, 5.74) is 11.7. The van der Waals surface area contributed by atoms with E-state index in [1.165, 1.54) is 12.1 Å². The van der Waals surface area contributed by atoms with Crippen LogP contribution in [0.2, 0.25) is 0 Å². The number of nitrogen functional groups attached to an aromatic ring is 2. The van der Waals surface area contributed by atoms with E-state index in [0.29, 0.717) is 6.54 Å². The van der Waals surface area contributed by atoms with Crippen molar-refractivity contribution in [1.82, 2.24) is 20.3 Å². The number of rotatable bonds is 5. The first-order valence-electron chi connectivity index (χ1n) is 6.40. The van der Waals surface area contributed by atoms with Crippen LogP contribution in [0.4, 0.5) is 16.3 Å². The van der Waals surface area contributed by atoms with Gasteiger partial charge in [-0.3, -0.25) is 4.79 Å². The monoisotopic (exact) mass is 322 g/mol. The predicted octanol–water partition coefficient (Wildman–Crippen LogP) is 0.972. The molecule has 22 heavy (non-hydrogen) atoms. The van der Waals surface area contributed by atoms with Crippen molar-refractivity contribution in [2.45, 2.75) is 23.9 Å². The normalized spacial score (nSPS) is 11.9. The molecule has 116 valence electrons. The second kappa shape index (κ2) is 7.03. The Balaban J connectivity index is 1.90. The molecule has 0 spiro atoms. The number of thioether (sulfide) groups is 1. The lowest BCUT2D eigenvalue weighted by Crippen LogP contribution is -2.30. The number of nitrogens with one attached hydrogen (secondary N) is 1. The van der Waals surface area contributed by atoms with Crippen molar-refractivity contribution >= 4 is 29.6 Å². The van der Waals surface area contributed by atoms with Crippen molar-refractivity contribution in [1.29, 1.82) is 0 Å². The van der Waals surface area contributed by atoms with Crippen LogP contribution in [0.25, 0.3) is 0 Å². The summed E-state index contributed by atoms with van der Waals surface area (Å²) in [6, 6.07) is 5.91. The van der Waals surface area contributed by atoms with Gasteiger partial charge in [-0.05, 0) is 24.6 Å². The number of benzene rings is 1. The summed E-state index contributed by atoms with van der Waals surface area (Å²) in [5, 5.41) is 2.60. The van der Waals surface area contributed by atoms with Crippen LogP contribution in [0.3, 0.4) is 0 Å². The summed E-state index contributed by atoms with van der Waals surface area (Å²) in [5.74, 6) is -0.501. The van der Waals surface area contributed by atoms with Crippen molar-refractivity contribution in [2.24, 2.45) is 0 Å². The third-order valence-electron chi connectivity index (χ3n) is 2.68. The molecule has 0 saturated carbocycles. The van der Waals surface area contributed by atoms with Gasteiger partial charge in [0.25, 0.3) is 0 Å². The van der Waals surface area contributed by atoms with E-state index in [2.05, 4.69) is 20.3 Å². The third kappa shape index (κ3) is 4.55. The summed E-state index contributed by atoms with van der Waals surface area (Å²) in [4.78, 5) is 23.5. The molecule has 2 aromatic rings. The maximum Gasteiger partial charge on any atom is 0.233 e. The van der Waals surface area contributed by atoms with Gasteiger partial charge in [-0.25, -0.2) is 4.39 Å². The first-order chi connectivity index (χ1) is 10.4. The molecule has 2 rings (SSSR count). The Morgan fingerprint density at radius 1 is 1.23 bits per heavy atom. The number of hydrogen-bond donors (Lipinski definition) is 3. The van der Waals surface area contributed by atoms with Crippen molar-refractivity contribution < 1.29 is 9.18 Å². The summed E-state index contributed by atoms with van der Waals surface area (Å²) >= 11 is 1.12. The minimum Gasteiger partial charge on any atom is -0.368 e. The van der Waals surface area contributed by atoms with Crippen LogP contribution in [-0.4, -0.2) is 26.1 Å². The van der Waals surface area contributed by atoms with Gasteiger partial charge in [0.15, 0.2) is 5.16 Å². The molecule has 0 saturated heterocycles. The standard InChI is InChI=1S/C13H15FN6OS/c1-7(22-13-19-11(15)18-12(16)20-13)10(21)17-6-8-2-4-9(14)5-3-8/h2-5,7H,6H2,1H3,(H,17,21)(H4,15,16,18,19,20)/t7-/m0/s1. The van der Waals surface area contributed by atoms with E-state index in [4.69, 9.17) is 11.5 Å². The Bertz CT molecular complexity index is 646. The highest BCUT2D eigenvalue weighted by Crippen LogP contribution is 2.20. The van der Waals surface area contributed by atoms with E-state index < -0.39 is 5.25 Å². The SMILES string of the molecule is C[C@H](Sc1nc(N)nc(N)n1)C(=O)NCc1ccc(F)cc1. The minimum atomic E-state index is -0.443. The van der Waals surface area contributed by atoms with Crippen molar-refractivity contribution in [2.75, 3.05) is 11.5 Å². The topological polar surface area (TPSA) is 120 Å². The molecule has 0 aliphatic heterocycles. The number of carbonyl (C=O) groups is 1. The van der Waals surface area contributed by atoms with Crippen LogP contribution >= 0.6 is 11.8 Å². The molecule has 1 aromatic carbocycles. The average molecular weight is 322 g/mol. The van der Waals surface area contributed by atoms with Gasteiger partial charge in [-0.2, -0.15) is 15.0 Å². The highest BCUT2D eigenvalue weighted by atomic mass is 32.2. The average Bonchev–Trinajstić information content (AvgIpc) is 2.45. The van der Waals surface area contributed by atoms with E-state index in [1.807, 2.05) is 0 Å². The predicted molar refractivity (Wildman–Crippen MR) is 82.2 cm³/mol. The molecule has 0 aliphatic carbocycles. The Kier molecular flexibility index (Phi) is 5.10. The summed E-state index contributed by atoms with van der Waals surface area (Å²) in [7, 11) is 0. The van der Waals surface area contributed by atoms with E-state index in [-0.39, 0.29) is 28.8 Å². The molecule has 0 radical (unpaired) electrons. The van der Waals surface area contributed by atoms with E-state index >= 15 is 0 Å². The van der Waals surface area contributed by atoms with Crippen LogP contribution in [0, 0.1) is 5.82 Å². The zero-order valence-corrected chi connectivity index (χ0v) is 12.6. The van der Waals surface area contributed by atoms with Crippen LogP contribution < -0.4 is 16.8 Å². The van der Waals surface area contributed by atoms with Crippen molar-refractivity contribution in [3.8, 4) is 0 Å². The number of carbonyl (C=O) groups excluding carboxylic acids is 1. The van der Waals surface area contributed by atoms with Crippen LogP contribution in [0.1, 0.15) is 12.5 Å². The number of anilines is 2. The van der Waals surface area contributed by atoms with E-state index in [1.54, 1.807) is 19.1 Å². The second-order valence-corrected chi connectivity index (χ2v) is 5.75. The molecule has 0 aliphatic rings. The van der Waals surface area contributed by atoms with Gasteiger partial charge in [-0.15, -0.1) is 0 Å². The smallest absolute Gasteiger partial charge is 0.233 e. The zero-order valence-electron chi connectivity index (χ0n) is 11.8. The Labute approximate surface area is 130 Å². The molecule has 9 heteroatoms. The zero-order chi connectivity index (χ0) is 16.1. The summed E-state index contributed by atoms with van der Waals surface area (Å²) in [6.07, 6.45) is 0. The van der Waals surface area contributed by atoms with Crippen LogP contribution in [-0.2, 0) is 11.3 Å². The number of amides is 1. The quantitative estimate of drug-likeness (QED) is 0.702. The number of aromatic nitrogens is 3. The fraction of sp³-hybridized carbons (Fsp3) is 0.231. The van der Waals surface area contributed by atoms with Crippen LogP contribution in [0.5, 0.6) is 0 Å². The minimum absolute atomic E-state index is 0.00826. The molecule has 1 heterocycles. The molecule has 0 unspecified atom stereocenters. The number of nitrogens with two attached hydrogens (primary N) is 2. The highest BCUT2D eigenvalue weighted by Gasteiger charge is 2.16. The van der Waals surface area contributed by atoms with Gasteiger partial charge < -0.3 is 16.8 Å². The van der Waals surface area contributed by atoms with Gasteiger partial charge in [0.05, 0.1) is 5.25 Å². The van der Waals surface area contributed by atoms with E-state index in [9.17, 15) is 9.18 Å². The lowest BCUT2D eigenvalue weighted by Gasteiger charge is -2.11. The lowest BCUT2D eigenvalue weighted by atomic mass is 10.2. The molecule has 1 aromatic heterocycles. The van der Waals surface area contributed by atoms with Crippen molar-refractivity contribution in [3.63, 3.8) is 0 Å². The molecule has 0 bridgehead atoms. The van der Waals surface area contributed by atoms with Gasteiger partial charge in [0.1, 0.15) is 5.82 Å². The molecule has 5 N–H and O–H groups in total. The van der Waals surface area contributed by atoms with Gasteiger partial charge in [-0.1, -0.05) is 23.9 Å². The number of nitrogens with zero attached hydrogens (tertiary/aromatic N) is 3. The summed E-state index contributed by atoms with van der Waals surface area (Å²) in [6.45, 7) is 2.02. The highest BCUT2D eigenvalue weighted by molar-refractivity contribution is 8.00. The van der Waals surface area contributed by atoms with Crippen molar-refractivity contribution in [3.05, 3.63) is 35.6 Å². The fourth-order valence-corrected chi connectivity index (χ4v) is 2.39. The van der Waals surface area contributed by atoms with Crippen LogP contribution in [0.15, 0.2) is 29.4 Å². The lowest BCUT2D eigenvalue weighted by molar-refractivity contribution is -0.120. The number of halogens is 1. The van der Waals surface area contributed by atoms with E-state index in [0.717, 1.165) is 17.3 Å². The fourth-order valence-electron chi connectivity index (χ4n) is 1.59. The van der Waals surface area contributed by atoms with Gasteiger partial charge >= 0.3 is 0 Å². The Morgan fingerprint density at radius 2 is 1.82 bits per heavy atom. The van der Waals surface area contributed by atoms with Gasteiger partial charge in [0.2, 0.25) is 17.8 Å². The number of hydrogen-bond acceptors (Lipinski definition) is 7. The third-order valence-corrected chi connectivity index (χ3v) is 3.64. The first kappa shape index (κ1) is 16.0. The molecule has 7 nitrogen and oxygen atoms in total. The Morgan fingerprint density at radius 3 is 2.41 bits per heavy atom. The first-order valence-corrected chi connectivity index (χ1v) is 7.28.